The van der Waals surface area contributed by atoms with Gasteiger partial charge in [-0.25, -0.2) is 9.37 Å². The van der Waals surface area contributed by atoms with Crippen LogP contribution in [0.5, 0.6) is 0 Å². The number of hydrogen-bond acceptors (Lipinski definition) is 7. The molecule has 1 fully saturated rings. The molecule has 3 heterocycles. The Bertz CT molecular complexity index is 1120. The number of aromatic nitrogens is 3. The summed E-state index contributed by atoms with van der Waals surface area (Å²) in [5.74, 6) is -0.0801. The van der Waals surface area contributed by atoms with Crippen LogP contribution in [-0.4, -0.2) is 39.8 Å². The van der Waals surface area contributed by atoms with Crippen molar-refractivity contribution in [3.05, 3.63) is 40.4 Å². The van der Waals surface area contributed by atoms with E-state index in [1.165, 1.54) is 6.07 Å². The third-order valence-corrected chi connectivity index (χ3v) is 6.67. The molecular weight excluding hydrogens is 485 g/mol. The molecule has 0 spiro atoms. The lowest BCUT2D eigenvalue weighted by molar-refractivity contribution is 0.102. The summed E-state index contributed by atoms with van der Waals surface area (Å²) in [6, 6.07) is 4.73. The molecule has 0 unspecified atom stereocenters. The predicted octanol–water partition coefficient (Wildman–Crippen LogP) is 3.60. The van der Waals surface area contributed by atoms with Gasteiger partial charge in [0.15, 0.2) is 11.5 Å². The first-order valence-electron chi connectivity index (χ1n) is 9.89. The van der Waals surface area contributed by atoms with Gasteiger partial charge in [-0.2, -0.15) is 5.10 Å². The molecule has 0 saturated carbocycles. The zero-order valence-electron chi connectivity index (χ0n) is 16.9. The molecule has 2 aromatic heterocycles. The minimum Gasteiger partial charge on any atom is -0.389 e. The number of nitrogens with zero attached hydrogens (tertiary/aromatic N) is 4. The number of aryl methyl sites for hydroxylation is 1. The summed E-state index contributed by atoms with van der Waals surface area (Å²) in [7, 11) is 1.83. The van der Waals surface area contributed by atoms with Gasteiger partial charge in [-0.3, -0.25) is 9.48 Å². The van der Waals surface area contributed by atoms with Gasteiger partial charge in [-0.1, -0.05) is 27.3 Å². The summed E-state index contributed by atoms with van der Waals surface area (Å²) in [4.78, 5) is 19.5. The first-order chi connectivity index (χ1) is 14.8. The fraction of sp³-hybridized carbons (Fsp3) is 0.350. The van der Waals surface area contributed by atoms with Gasteiger partial charge in [0.25, 0.3) is 5.91 Å². The predicted molar refractivity (Wildman–Crippen MR) is 125 cm³/mol. The Hall–Kier alpha value is -2.50. The van der Waals surface area contributed by atoms with Crippen LogP contribution in [-0.2, 0) is 7.05 Å². The molecule has 1 amide bonds. The van der Waals surface area contributed by atoms with Crippen LogP contribution in [0, 0.1) is 5.82 Å². The Kier molecular flexibility index (Phi) is 6.26. The number of thiazole rings is 1. The average molecular weight is 508 g/mol. The fourth-order valence-electron chi connectivity index (χ4n) is 3.68. The van der Waals surface area contributed by atoms with E-state index in [0.717, 1.165) is 49.5 Å². The molecule has 1 atom stereocenters. The molecule has 0 radical (unpaired) electrons. The van der Waals surface area contributed by atoms with Gasteiger partial charge in [-0.15, -0.1) is 0 Å². The highest BCUT2D eigenvalue weighted by Gasteiger charge is 2.24. The van der Waals surface area contributed by atoms with Crippen LogP contribution in [0.3, 0.4) is 0 Å². The second kappa shape index (κ2) is 8.93. The Morgan fingerprint density at radius 3 is 2.97 bits per heavy atom. The number of carbonyl (C=O) groups is 1. The van der Waals surface area contributed by atoms with E-state index in [1.807, 2.05) is 7.05 Å². The molecule has 5 N–H and O–H groups in total. The molecule has 1 aromatic carbocycles. The van der Waals surface area contributed by atoms with Crippen molar-refractivity contribution in [1.29, 1.82) is 0 Å². The van der Waals surface area contributed by atoms with Crippen LogP contribution in [0.2, 0.25) is 0 Å². The average Bonchev–Trinajstić information content (AvgIpc) is 3.21. The number of nitrogens with one attached hydrogen (secondary N) is 1. The Morgan fingerprint density at radius 1 is 1.35 bits per heavy atom. The van der Waals surface area contributed by atoms with Gasteiger partial charge in [-0.05, 0) is 37.5 Å². The van der Waals surface area contributed by atoms with E-state index in [-0.39, 0.29) is 22.3 Å². The summed E-state index contributed by atoms with van der Waals surface area (Å²) in [6.07, 6.45) is 4.43. The van der Waals surface area contributed by atoms with Crippen molar-refractivity contribution in [2.45, 2.75) is 25.3 Å². The lowest BCUT2D eigenvalue weighted by atomic mass is 10.1. The van der Waals surface area contributed by atoms with Gasteiger partial charge in [0.1, 0.15) is 21.5 Å². The van der Waals surface area contributed by atoms with Crippen LogP contribution in [0.15, 0.2) is 28.9 Å². The van der Waals surface area contributed by atoms with E-state index < -0.39 is 11.7 Å². The minimum absolute atomic E-state index is 0.0621. The van der Waals surface area contributed by atoms with Gasteiger partial charge < -0.3 is 21.7 Å². The summed E-state index contributed by atoms with van der Waals surface area (Å²) >= 11 is 4.40. The van der Waals surface area contributed by atoms with Crippen molar-refractivity contribution < 1.29 is 9.18 Å². The molecule has 0 bridgehead atoms. The SMILES string of the molecule is Cn1ncc(NC(=O)c2nc(-c3cc(Br)ccc3F)sc2N)c1N1CCC[C@@H](N)CC1. The van der Waals surface area contributed by atoms with Gasteiger partial charge >= 0.3 is 0 Å². The second-order valence-electron chi connectivity index (χ2n) is 7.49. The molecule has 31 heavy (non-hydrogen) atoms. The lowest BCUT2D eigenvalue weighted by Crippen LogP contribution is -2.29. The Labute approximate surface area is 191 Å². The van der Waals surface area contributed by atoms with Crippen LogP contribution in [0.4, 0.5) is 20.9 Å². The number of carbonyl (C=O) groups excluding carboxylic acids is 1. The van der Waals surface area contributed by atoms with E-state index in [9.17, 15) is 9.18 Å². The lowest BCUT2D eigenvalue weighted by Gasteiger charge is -2.24. The zero-order chi connectivity index (χ0) is 22.1. The standard InChI is InChI=1S/C20H23BrFN7OS/c1-28-20(29-7-2-3-12(23)6-8-29)15(10-25-28)26-18(30)16-17(24)31-19(27-16)13-9-11(21)4-5-14(13)22/h4-5,9-10,12H,2-3,6-8,23-24H2,1H3,(H,26,30)/t12-/m1/s1. The number of halogens is 2. The summed E-state index contributed by atoms with van der Waals surface area (Å²) in [5, 5.41) is 7.75. The first-order valence-corrected chi connectivity index (χ1v) is 11.5. The van der Waals surface area contributed by atoms with Crippen molar-refractivity contribution in [2.24, 2.45) is 12.8 Å². The van der Waals surface area contributed by atoms with E-state index in [1.54, 1.807) is 23.0 Å². The Morgan fingerprint density at radius 2 is 2.16 bits per heavy atom. The Balaban J connectivity index is 1.59. The van der Waals surface area contributed by atoms with Crippen molar-refractivity contribution in [2.75, 3.05) is 29.0 Å². The van der Waals surface area contributed by atoms with Crippen LogP contribution >= 0.6 is 27.3 Å². The van der Waals surface area contributed by atoms with E-state index >= 15 is 0 Å². The molecule has 164 valence electrons. The van der Waals surface area contributed by atoms with Crippen molar-refractivity contribution in [3.8, 4) is 10.6 Å². The zero-order valence-corrected chi connectivity index (χ0v) is 19.3. The molecule has 4 rings (SSSR count). The molecule has 11 heteroatoms. The van der Waals surface area contributed by atoms with Crippen molar-refractivity contribution in [3.63, 3.8) is 0 Å². The number of rotatable bonds is 4. The second-order valence-corrected chi connectivity index (χ2v) is 9.44. The summed E-state index contributed by atoms with van der Waals surface area (Å²) in [5.41, 5.74) is 13.1. The van der Waals surface area contributed by atoms with Crippen LogP contribution in [0.1, 0.15) is 29.8 Å². The highest BCUT2D eigenvalue weighted by molar-refractivity contribution is 9.10. The monoisotopic (exact) mass is 507 g/mol. The minimum atomic E-state index is -0.462. The first kappa shape index (κ1) is 21.7. The molecule has 3 aromatic rings. The molecule has 0 aliphatic carbocycles. The maximum absolute atomic E-state index is 14.2. The quantitative estimate of drug-likeness (QED) is 0.496. The van der Waals surface area contributed by atoms with Gasteiger partial charge in [0.2, 0.25) is 0 Å². The van der Waals surface area contributed by atoms with Gasteiger partial charge in [0, 0.05) is 36.2 Å². The summed E-state index contributed by atoms with van der Waals surface area (Å²) < 4.78 is 16.7. The fourth-order valence-corrected chi connectivity index (χ4v) is 4.89. The summed E-state index contributed by atoms with van der Waals surface area (Å²) in [6.45, 7) is 1.62. The largest absolute Gasteiger partial charge is 0.389 e. The highest BCUT2D eigenvalue weighted by atomic mass is 79.9. The molecule has 8 nitrogen and oxygen atoms in total. The molecular formula is C20H23BrFN7OS. The van der Waals surface area contributed by atoms with Crippen LogP contribution < -0.4 is 21.7 Å². The number of amides is 1. The number of nitrogen functional groups attached to an aromatic ring is 1. The van der Waals surface area contributed by atoms with Crippen molar-refractivity contribution in [1.82, 2.24) is 14.8 Å². The number of anilines is 3. The topological polar surface area (TPSA) is 115 Å². The smallest absolute Gasteiger partial charge is 0.277 e. The molecule has 1 aliphatic rings. The maximum Gasteiger partial charge on any atom is 0.277 e. The number of nitrogens with two attached hydrogens (primary N) is 2. The number of benzene rings is 1. The highest BCUT2D eigenvalue weighted by Crippen LogP contribution is 2.34. The third-order valence-electron chi connectivity index (χ3n) is 5.26. The molecule has 1 aliphatic heterocycles. The molecule has 1 saturated heterocycles. The van der Waals surface area contributed by atoms with Crippen molar-refractivity contribution >= 4 is 49.7 Å². The van der Waals surface area contributed by atoms with E-state index in [4.69, 9.17) is 11.5 Å². The van der Waals surface area contributed by atoms with E-state index in [2.05, 4.69) is 36.2 Å². The third kappa shape index (κ3) is 4.58. The van der Waals surface area contributed by atoms with Crippen LogP contribution in [0.25, 0.3) is 10.6 Å². The normalized spacial score (nSPS) is 16.9. The van der Waals surface area contributed by atoms with E-state index in [0.29, 0.717) is 15.2 Å². The number of hydrogen-bond donors (Lipinski definition) is 3. The maximum atomic E-state index is 14.2. The van der Waals surface area contributed by atoms with Gasteiger partial charge in [0.05, 0.1) is 6.20 Å².